The van der Waals surface area contributed by atoms with Crippen molar-refractivity contribution in [2.75, 3.05) is 37.7 Å². The SMILES string of the molecule is O=C(O)[C@H]1CCCN(C(=O)CN2CCOc3ccc(Cl)cc32)C1. The van der Waals surface area contributed by atoms with E-state index in [0.29, 0.717) is 37.7 Å². The zero-order valence-corrected chi connectivity index (χ0v) is 13.5. The van der Waals surface area contributed by atoms with E-state index in [4.69, 9.17) is 21.4 Å². The van der Waals surface area contributed by atoms with Gasteiger partial charge in [0.05, 0.1) is 24.7 Å². The number of piperidine rings is 1. The van der Waals surface area contributed by atoms with Gasteiger partial charge in [-0.05, 0) is 31.0 Å². The number of aliphatic carboxylic acids is 1. The van der Waals surface area contributed by atoms with E-state index in [0.717, 1.165) is 17.9 Å². The van der Waals surface area contributed by atoms with E-state index in [2.05, 4.69) is 0 Å². The van der Waals surface area contributed by atoms with Crippen molar-refractivity contribution in [3.8, 4) is 5.75 Å². The summed E-state index contributed by atoms with van der Waals surface area (Å²) in [6.07, 6.45) is 1.36. The highest BCUT2D eigenvalue weighted by atomic mass is 35.5. The maximum Gasteiger partial charge on any atom is 0.308 e. The topological polar surface area (TPSA) is 70.1 Å². The second kappa shape index (κ2) is 6.66. The molecule has 124 valence electrons. The van der Waals surface area contributed by atoms with Crippen molar-refractivity contribution in [1.82, 2.24) is 4.90 Å². The highest BCUT2D eigenvalue weighted by molar-refractivity contribution is 6.31. The summed E-state index contributed by atoms with van der Waals surface area (Å²) in [5, 5.41) is 9.73. The first kappa shape index (κ1) is 15.9. The van der Waals surface area contributed by atoms with Crippen LogP contribution in [0.5, 0.6) is 5.75 Å². The van der Waals surface area contributed by atoms with E-state index >= 15 is 0 Å². The van der Waals surface area contributed by atoms with Crippen molar-refractivity contribution in [1.29, 1.82) is 0 Å². The van der Waals surface area contributed by atoms with Crippen LogP contribution in [0.2, 0.25) is 5.02 Å². The fourth-order valence-corrected chi connectivity index (χ4v) is 3.25. The molecule has 1 saturated heterocycles. The van der Waals surface area contributed by atoms with Gasteiger partial charge in [0, 0.05) is 18.1 Å². The van der Waals surface area contributed by atoms with Crippen LogP contribution in [0.15, 0.2) is 18.2 Å². The number of ether oxygens (including phenoxy) is 1. The van der Waals surface area contributed by atoms with Crippen LogP contribution < -0.4 is 9.64 Å². The number of amides is 1. The van der Waals surface area contributed by atoms with E-state index in [-0.39, 0.29) is 12.5 Å². The maximum atomic E-state index is 12.5. The minimum absolute atomic E-state index is 0.0521. The first-order valence-corrected chi connectivity index (χ1v) is 8.10. The molecule has 0 unspecified atom stereocenters. The summed E-state index contributed by atoms with van der Waals surface area (Å²) in [6.45, 7) is 2.24. The van der Waals surface area contributed by atoms with Gasteiger partial charge in [-0.2, -0.15) is 0 Å². The number of carbonyl (C=O) groups is 2. The lowest BCUT2D eigenvalue weighted by Gasteiger charge is -2.35. The Labute approximate surface area is 139 Å². The maximum absolute atomic E-state index is 12.5. The van der Waals surface area contributed by atoms with Crippen molar-refractivity contribution in [2.45, 2.75) is 12.8 Å². The zero-order valence-electron chi connectivity index (χ0n) is 12.7. The van der Waals surface area contributed by atoms with Gasteiger partial charge in [0.1, 0.15) is 12.4 Å². The van der Waals surface area contributed by atoms with Gasteiger partial charge < -0.3 is 19.6 Å². The van der Waals surface area contributed by atoms with Gasteiger partial charge in [0.2, 0.25) is 5.91 Å². The molecular formula is C16H19ClN2O4. The second-order valence-electron chi connectivity index (χ2n) is 5.90. The third-order valence-electron chi connectivity index (χ3n) is 4.33. The fourth-order valence-electron chi connectivity index (χ4n) is 3.08. The predicted octanol–water partition coefficient (Wildman–Crippen LogP) is 1.86. The Morgan fingerprint density at radius 3 is 2.96 bits per heavy atom. The monoisotopic (exact) mass is 338 g/mol. The molecule has 3 rings (SSSR count). The van der Waals surface area contributed by atoms with Gasteiger partial charge >= 0.3 is 5.97 Å². The number of nitrogens with zero attached hydrogens (tertiary/aromatic N) is 2. The molecule has 1 fully saturated rings. The Kier molecular flexibility index (Phi) is 4.61. The Bertz CT molecular complexity index is 622. The summed E-state index contributed by atoms with van der Waals surface area (Å²) < 4.78 is 5.58. The molecule has 1 atom stereocenters. The predicted molar refractivity (Wildman–Crippen MR) is 86.1 cm³/mol. The molecule has 0 bridgehead atoms. The fraction of sp³-hybridized carbons (Fsp3) is 0.500. The van der Waals surface area contributed by atoms with Crippen LogP contribution in [0.3, 0.4) is 0 Å². The van der Waals surface area contributed by atoms with Crippen molar-refractivity contribution in [3.63, 3.8) is 0 Å². The molecule has 0 aliphatic carbocycles. The largest absolute Gasteiger partial charge is 0.490 e. The van der Waals surface area contributed by atoms with Gasteiger partial charge in [0.15, 0.2) is 0 Å². The highest BCUT2D eigenvalue weighted by Crippen LogP contribution is 2.34. The molecule has 2 aliphatic rings. The van der Waals surface area contributed by atoms with E-state index in [9.17, 15) is 9.59 Å². The Hall–Kier alpha value is -1.95. The lowest BCUT2D eigenvalue weighted by Crippen LogP contribution is -2.48. The van der Waals surface area contributed by atoms with Crippen LogP contribution in [-0.2, 0) is 9.59 Å². The molecule has 1 aromatic rings. The van der Waals surface area contributed by atoms with E-state index in [1.165, 1.54) is 0 Å². The average Bonchev–Trinajstić information content (AvgIpc) is 2.55. The van der Waals surface area contributed by atoms with Crippen LogP contribution in [0.1, 0.15) is 12.8 Å². The molecule has 1 N–H and O–H groups in total. The first-order valence-electron chi connectivity index (χ1n) is 7.72. The standard InChI is InChI=1S/C16H19ClN2O4/c17-12-3-4-14-13(8-12)18(6-7-23-14)10-15(20)19-5-1-2-11(9-19)16(21)22/h3-4,8,11H,1-2,5-7,9-10H2,(H,21,22)/t11-/m0/s1. The molecule has 1 amide bonds. The number of anilines is 1. The van der Waals surface area contributed by atoms with Crippen LogP contribution in [-0.4, -0.2) is 54.7 Å². The number of halogens is 1. The molecule has 6 nitrogen and oxygen atoms in total. The third-order valence-corrected chi connectivity index (χ3v) is 4.56. The molecule has 2 heterocycles. The molecular weight excluding hydrogens is 320 g/mol. The Morgan fingerprint density at radius 2 is 2.17 bits per heavy atom. The number of carboxylic acid groups (broad SMARTS) is 1. The molecule has 1 aromatic carbocycles. The van der Waals surface area contributed by atoms with E-state index in [1.54, 1.807) is 23.1 Å². The number of likely N-dealkylation sites (tertiary alicyclic amines) is 1. The summed E-state index contributed by atoms with van der Waals surface area (Å²) in [4.78, 5) is 27.3. The van der Waals surface area contributed by atoms with Crippen molar-refractivity contribution in [3.05, 3.63) is 23.2 Å². The molecule has 23 heavy (non-hydrogen) atoms. The zero-order chi connectivity index (χ0) is 16.4. The summed E-state index contributed by atoms with van der Waals surface area (Å²) in [6, 6.07) is 5.35. The lowest BCUT2D eigenvalue weighted by atomic mass is 9.98. The second-order valence-corrected chi connectivity index (χ2v) is 6.34. The molecule has 0 spiro atoms. The quantitative estimate of drug-likeness (QED) is 0.911. The Balaban J connectivity index is 1.69. The molecule has 0 radical (unpaired) electrons. The van der Waals surface area contributed by atoms with Gasteiger partial charge in [-0.3, -0.25) is 9.59 Å². The number of carboxylic acids is 1. The highest BCUT2D eigenvalue weighted by Gasteiger charge is 2.29. The van der Waals surface area contributed by atoms with E-state index < -0.39 is 11.9 Å². The van der Waals surface area contributed by atoms with Crippen molar-refractivity contribution < 1.29 is 19.4 Å². The normalized spacial score (nSPS) is 20.7. The van der Waals surface area contributed by atoms with Crippen molar-refractivity contribution in [2.24, 2.45) is 5.92 Å². The van der Waals surface area contributed by atoms with E-state index in [1.807, 2.05) is 4.90 Å². The summed E-state index contributed by atoms with van der Waals surface area (Å²) in [5.41, 5.74) is 0.809. The number of hydrogen-bond donors (Lipinski definition) is 1. The summed E-state index contributed by atoms with van der Waals surface area (Å²) >= 11 is 6.04. The molecule has 0 aromatic heterocycles. The number of carbonyl (C=O) groups excluding carboxylic acids is 1. The van der Waals surface area contributed by atoms with Gasteiger partial charge in [-0.1, -0.05) is 11.6 Å². The number of rotatable bonds is 3. The van der Waals surface area contributed by atoms with Gasteiger partial charge in [0.25, 0.3) is 0 Å². The van der Waals surface area contributed by atoms with Crippen molar-refractivity contribution >= 4 is 29.2 Å². The molecule has 2 aliphatic heterocycles. The number of benzene rings is 1. The minimum Gasteiger partial charge on any atom is -0.490 e. The van der Waals surface area contributed by atoms with Crippen LogP contribution in [0.4, 0.5) is 5.69 Å². The average molecular weight is 339 g/mol. The third kappa shape index (κ3) is 3.52. The first-order chi connectivity index (χ1) is 11.0. The minimum atomic E-state index is -0.828. The van der Waals surface area contributed by atoms with Crippen LogP contribution in [0.25, 0.3) is 0 Å². The molecule has 7 heteroatoms. The smallest absolute Gasteiger partial charge is 0.308 e. The summed E-state index contributed by atoms with van der Waals surface area (Å²) in [7, 11) is 0. The van der Waals surface area contributed by atoms with Crippen LogP contribution >= 0.6 is 11.6 Å². The molecule has 0 saturated carbocycles. The number of fused-ring (bicyclic) bond motifs is 1. The summed E-state index contributed by atoms with van der Waals surface area (Å²) in [5.74, 6) is -0.621. The lowest BCUT2D eigenvalue weighted by molar-refractivity contribution is -0.145. The number of hydrogen-bond acceptors (Lipinski definition) is 4. The Morgan fingerprint density at radius 1 is 1.35 bits per heavy atom. The van der Waals surface area contributed by atoms with Gasteiger partial charge in [-0.15, -0.1) is 0 Å². The van der Waals surface area contributed by atoms with Crippen LogP contribution in [0, 0.1) is 5.92 Å². The van der Waals surface area contributed by atoms with Gasteiger partial charge in [-0.25, -0.2) is 0 Å².